The summed E-state index contributed by atoms with van der Waals surface area (Å²) in [6, 6.07) is 8.14. The molecule has 0 aliphatic heterocycles. The van der Waals surface area contributed by atoms with Crippen molar-refractivity contribution in [1.82, 2.24) is 0 Å². The van der Waals surface area contributed by atoms with E-state index >= 15 is 0 Å². The van der Waals surface area contributed by atoms with E-state index in [2.05, 4.69) is 11.8 Å². The zero-order valence-electron chi connectivity index (χ0n) is 8.20. The number of benzene rings is 1. The predicted octanol–water partition coefficient (Wildman–Crippen LogP) is 1.05. The number of nitrogens with two attached hydrogens (primary N) is 2. The molecule has 0 radical (unpaired) electrons. The van der Waals surface area contributed by atoms with Gasteiger partial charge in [0.05, 0.1) is 0 Å². The van der Waals surface area contributed by atoms with Crippen molar-refractivity contribution in [2.45, 2.75) is 13.0 Å². The largest absolute Gasteiger partial charge is 0.399 e. The van der Waals surface area contributed by atoms with Gasteiger partial charge >= 0.3 is 0 Å². The number of anilines is 2. The molecule has 3 nitrogen and oxygen atoms in total. The van der Waals surface area contributed by atoms with E-state index in [0.29, 0.717) is 12.6 Å². The predicted molar refractivity (Wildman–Crippen MR) is 57.8 cm³/mol. The van der Waals surface area contributed by atoms with E-state index < -0.39 is 0 Å². The molecule has 0 aliphatic rings. The maximum atomic E-state index is 5.68. The summed E-state index contributed by atoms with van der Waals surface area (Å²) < 4.78 is 0. The molecule has 72 valence electrons. The van der Waals surface area contributed by atoms with Crippen molar-refractivity contribution in [2.75, 3.05) is 24.2 Å². The van der Waals surface area contributed by atoms with Gasteiger partial charge in [0.15, 0.2) is 0 Å². The molecule has 1 atom stereocenters. The molecule has 4 N–H and O–H groups in total. The number of hydrogen-bond acceptors (Lipinski definition) is 3. The van der Waals surface area contributed by atoms with Crippen molar-refractivity contribution < 1.29 is 0 Å². The zero-order chi connectivity index (χ0) is 9.84. The number of nitrogen functional groups attached to an aromatic ring is 1. The maximum absolute atomic E-state index is 5.68. The lowest BCUT2D eigenvalue weighted by atomic mass is 10.2. The van der Waals surface area contributed by atoms with Crippen molar-refractivity contribution in [2.24, 2.45) is 5.73 Å². The fourth-order valence-corrected chi connectivity index (χ4v) is 1.16. The second-order valence-electron chi connectivity index (χ2n) is 3.29. The molecule has 0 aliphatic carbocycles. The van der Waals surface area contributed by atoms with Gasteiger partial charge in [0.25, 0.3) is 0 Å². The van der Waals surface area contributed by atoms with Gasteiger partial charge in [-0.25, -0.2) is 0 Å². The van der Waals surface area contributed by atoms with Crippen LogP contribution in [0.2, 0.25) is 0 Å². The Morgan fingerprint density at radius 3 is 2.69 bits per heavy atom. The summed E-state index contributed by atoms with van der Waals surface area (Å²) in [7, 11) is 2.02. The van der Waals surface area contributed by atoms with Gasteiger partial charge in [-0.2, -0.15) is 0 Å². The Morgan fingerprint density at radius 2 is 2.15 bits per heavy atom. The highest BCUT2D eigenvalue weighted by molar-refractivity contribution is 5.55. The van der Waals surface area contributed by atoms with Crippen LogP contribution in [0, 0.1) is 0 Å². The Kier molecular flexibility index (Phi) is 3.14. The molecule has 0 saturated heterocycles. The second kappa shape index (κ2) is 4.14. The van der Waals surface area contributed by atoms with Crippen LogP contribution < -0.4 is 16.4 Å². The third-order valence-electron chi connectivity index (χ3n) is 2.28. The van der Waals surface area contributed by atoms with Gasteiger partial charge in [0, 0.05) is 31.0 Å². The summed E-state index contributed by atoms with van der Waals surface area (Å²) in [5.41, 5.74) is 13.2. The van der Waals surface area contributed by atoms with Gasteiger partial charge in [-0.05, 0) is 25.1 Å². The topological polar surface area (TPSA) is 55.3 Å². The van der Waals surface area contributed by atoms with Crippen LogP contribution in [0.3, 0.4) is 0 Å². The van der Waals surface area contributed by atoms with Crippen LogP contribution in [0.1, 0.15) is 6.92 Å². The van der Waals surface area contributed by atoms with Crippen molar-refractivity contribution in [3.8, 4) is 0 Å². The van der Waals surface area contributed by atoms with Crippen molar-refractivity contribution >= 4 is 11.4 Å². The molecule has 0 amide bonds. The maximum Gasteiger partial charge on any atom is 0.0387 e. The Balaban J connectivity index is 2.82. The molecule has 3 heteroatoms. The summed E-state index contributed by atoms with van der Waals surface area (Å²) in [5.74, 6) is 0. The summed E-state index contributed by atoms with van der Waals surface area (Å²) in [6.45, 7) is 2.73. The lowest BCUT2D eigenvalue weighted by Gasteiger charge is -2.25. The van der Waals surface area contributed by atoms with Crippen LogP contribution in [0.25, 0.3) is 0 Å². The van der Waals surface area contributed by atoms with Crippen molar-refractivity contribution in [3.05, 3.63) is 24.3 Å². The van der Waals surface area contributed by atoms with E-state index in [-0.39, 0.29) is 0 Å². The van der Waals surface area contributed by atoms with E-state index in [1.165, 1.54) is 0 Å². The highest BCUT2D eigenvalue weighted by atomic mass is 15.1. The minimum atomic E-state index is 0.335. The van der Waals surface area contributed by atoms with Crippen molar-refractivity contribution in [1.29, 1.82) is 0 Å². The third-order valence-corrected chi connectivity index (χ3v) is 2.28. The van der Waals surface area contributed by atoms with Gasteiger partial charge in [-0.15, -0.1) is 0 Å². The first kappa shape index (κ1) is 9.86. The quantitative estimate of drug-likeness (QED) is 0.682. The molecule has 1 unspecified atom stereocenters. The molecule has 0 fully saturated rings. The molecule has 13 heavy (non-hydrogen) atoms. The van der Waals surface area contributed by atoms with Crippen LogP contribution in [-0.4, -0.2) is 19.6 Å². The lowest BCUT2D eigenvalue weighted by molar-refractivity contribution is 0.696. The highest BCUT2D eigenvalue weighted by Crippen LogP contribution is 2.17. The Morgan fingerprint density at radius 1 is 1.46 bits per heavy atom. The van der Waals surface area contributed by atoms with Gasteiger partial charge < -0.3 is 16.4 Å². The molecule has 0 aromatic heterocycles. The average Bonchev–Trinajstić information content (AvgIpc) is 2.15. The molecule has 0 heterocycles. The second-order valence-corrected chi connectivity index (χ2v) is 3.29. The number of nitrogens with zero attached hydrogens (tertiary/aromatic N) is 1. The molecule has 0 saturated carbocycles. The zero-order valence-corrected chi connectivity index (χ0v) is 8.20. The molecule has 0 spiro atoms. The fraction of sp³-hybridized carbons (Fsp3) is 0.400. The van der Waals surface area contributed by atoms with E-state index in [0.717, 1.165) is 11.4 Å². The summed E-state index contributed by atoms with van der Waals surface area (Å²) in [4.78, 5) is 2.12. The van der Waals surface area contributed by atoms with Gasteiger partial charge in [0.2, 0.25) is 0 Å². The van der Waals surface area contributed by atoms with E-state index in [9.17, 15) is 0 Å². The van der Waals surface area contributed by atoms with Crippen LogP contribution in [-0.2, 0) is 0 Å². The first-order chi connectivity index (χ1) is 6.15. The Labute approximate surface area is 79.3 Å². The first-order valence-corrected chi connectivity index (χ1v) is 4.43. The van der Waals surface area contributed by atoms with Gasteiger partial charge in [-0.1, -0.05) is 6.07 Å². The van der Waals surface area contributed by atoms with Crippen LogP contribution >= 0.6 is 0 Å². The summed E-state index contributed by atoms with van der Waals surface area (Å²) >= 11 is 0. The first-order valence-electron chi connectivity index (χ1n) is 4.43. The number of rotatable bonds is 3. The summed E-state index contributed by atoms with van der Waals surface area (Å²) in [5, 5.41) is 0. The minimum absolute atomic E-state index is 0.335. The molecule has 1 aromatic carbocycles. The third kappa shape index (κ3) is 2.36. The molecule has 0 bridgehead atoms. The molecular weight excluding hydrogens is 162 g/mol. The monoisotopic (exact) mass is 179 g/mol. The normalized spacial score (nSPS) is 12.5. The molecule has 1 rings (SSSR count). The SMILES string of the molecule is CC(CN)N(C)c1cccc(N)c1. The van der Waals surface area contributed by atoms with E-state index in [1.54, 1.807) is 0 Å². The van der Waals surface area contributed by atoms with E-state index in [1.807, 2.05) is 31.3 Å². The fourth-order valence-electron chi connectivity index (χ4n) is 1.16. The Bertz CT molecular complexity index is 273. The standard InChI is InChI=1S/C10H17N3/c1-8(7-11)13(2)10-5-3-4-9(12)6-10/h3-6,8H,7,11-12H2,1-2H3. The van der Waals surface area contributed by atoms with E-state index in [4.69, 9.17) is 11.5 Å². The van der Waals surface area contributed by atoms with Crippen LogP contribution in [0.15, 0.2) is 24.3 Å². The minimum Gasteiger partial charge on any atom is -0.399 e. The average molecular weight is 179 g/mol. The van der Waals surface area contributed by atoms with Crippen molar-refractivity contribution in [3.63, 3.8) is 0 Å². The smallest absolute Gasteiger partial charge is 0.0387 e. The van der Waals surface area contributed by atoms with Crippen LogP contribution in [0.4, 0.5) is 11.4 Å². The highest BCUT2D eigenvalue weighted by Gasteiger charge is 2.07. The lowest BCUT2D eigenvalue weighted by Crippen LogP contribution is -2.35. The molecule has 1 aromatic rings. The number of hydrogen-bond donors (Lipinski definition) is 2. The molecular formula is C10H17N3. The Hall–Kier alpha value is -1.22. The summed E-state index contributed by atoms with van der Waals surface area (Å²) in [6.07, 6.45) is 0. The number of likely N-dealkylation sites (N-methyl/N-ethyl adjacent to an activating group) is 1. The van der Waals surface area contributed by atoms with Gasteiger partial charge in [-0.3, -0.25) is 0 Å². The van der Waals surface area contributed by atoms with Gasteiger partial charge in [0.1, 0.15) is 0 Å². The van der Waals surface area contributed by atoms with Crippen LogP contribution in [0.5, 0.6) is 0 Å².